The number of hydrogen-bond acceptors (Lipinski definition) is 2. The molecular formula is C22H29NO2S. The van der Waals surface area contributed by atoms with Crippen molar-refractivity contribution in [1.29, 1.82) is 0 Å². The molecule has 2 aromatic carbocycles. The standard InChI is InChI=1S/C22H29NO2S/c24-26(25,23-18-8-3-9-19-23)22(16-14-20-10-4-1-5-11-20)17-15-21-12-6-2-7-13-21/h1-2,4-7,10-13,22H,3,8-9,14-19H2. The van der Waals surface area contributed by atoms with Gasteiger partial charge in [-0.25, -0.2) is 12.7 Å². The molecule has 140 valence electrons. The van der Waals surface area contributed by atoms with Crippen molar-refractivity contribution < 1.29 is 8.42 Å². The van der Waals surface area contributed by atoms with Gasteiger partial charge in [0.1, 0.15) is 0 Å². The van der Waals surface area contributed by atoms with E-state index in [1.165, 1.54) is 11.1 Å². The van der Waals surface area contributed by atoms with Crippen molar-refractivity contribution in [3.63, 3.8) is 0 Å². The zero-order valence-electron chi connectivity index (χ0n) is 15.4. The molecule has 0 radical (unpaired) electrons. The Kier molecular flexibility index (Phi) is 6.86. The minimum absolute atomic E-state index is 0.305. The van der Waals surface area contributed by atoms with E-state index >= 15 is 0 Å². The van der Waals surface area contributed by atoms with Gasteiger partial charge in [0.15, 0.2) is 0 Å². The van der Waals surface area contributed by atoms with Gasteiger partial charge in [-0.05, 0) is 49.7 Å². The number of hydrogen-bond donors (Lipinski definition) is 0. The summed E-state index contributed by atoms with van der Waals surface area (Å²) >= 11 is 0. The summed E-state index contributed by atoms with van der Waals surface area (Å²) in [5.41, 5.74) is 2.43. The molecule has 0 aliphatic carbocycles. The van der Waals surface area contributed by atoms with Crippen molar-refractivity contribution in [3.05, 3.63) is 71.8 Å². The van der Waals surface area contributed by atoms with E-state index < -0.39 is 10.0 Å². The average molecular weight is 372 g/mol. The van der Waals surface area contributed by atoms with Crippen LogP contribution >= 0.6 is 0 Å². The number of benzene rings is 2. The fraction of sp³-hybridized carbons (Fsp3) is 0.455. The van der Waals surface area contributed by atoms with E-state index in [9.17, 15) is 8.42 Å². The average Bonchev–Trinajstić information content (AvgIpc) is 2.70. The molecule has 1 fully saturated rings. The Balaban J connectivity index is 1.71. The number of rotatable bonds is 8. The predicted molar refractivity (Wildman–Crippen MR) is 108 cm³/mol. The monoisotopic (exact) mass is 371 g/mol. The van der Waals surface area contributed by atoms with Crippen molar-refractivity contribution in [2.45, 2.75) is 50.2 Å². The SMILES string of the molecule is O=S(=O)(C(CCc1ccccc1)CCc1ccccc1)N1CCCCC1. The molecule has 1 saturated heterocycles. The molecular weight excluding hydrogens is 342 g/mol. The van der Waals surface area contributed by atoms with Crippen molar-refractivity contribution in [3.8, 4) is 0 Å². The maximum Gasteiger partial charge on any atom is 0.217 e. The summed E-state index contributed by atoms with van der Waals surface area (Å²) in [5, 5.41) is -0.305. The maximum absolute atomic E-state index is 13.3. The van der Waals surface area contributed by atoms with Gasteiger partial charge in [0, 0.05) is 13.1 Å². The first-order valence-electron chi connectivity index (χ1n) is 9.73. The van der Waals surface area contributed by atoms with Gasteiger partial charge < -0.3 is 0 Å². The molecule has 0 saturated carbocycles. The first kappa shape index (κ1) is 19.1. The fourth-order valence-corrected chi connectivity index (χ4v) is 5.74. The molecule has 0 atom stereocenters. The van der Waals surface area contributed by atoms with E-state index in [-0.39, 0.29) is 5.25 Å². The molecule has 4 heteroatoms. The number of sulfonamides is 1. The Morgan fingerprint density at radius 1 is 0.731 bits per heavy atom. The number of nitrogens with zero attached hydrogens (tertiary/aromatic N) is 1. The highest BCUT2D eigenvalue weighted by Gasteiger charge is 2.32. The molecule has 3 rings (SSSR count). The normalized spacial score (nSPS) is 16.0. The van der Waals surface area contributed by atoms with E-state index in [2.05, 4.69) is 24.3 Å². The lowest BCUT2D eigenvalue weighted by Crippen LogP contribution is -2.42. The quantitative estimate of drug-likeness (QED) is 0.688. The third-order valence-electron chi connectivity index (χ3n) is 5.29. The smallest absolute Gasteiger partial charge is 0.212 e. The second-order valence-electron chi connectivity index (χ2n) is 7.18. The van der Waals surface area contributed by atoms with Crippen LogP contribution in [0.2, 0.25) is 0 Å². The molecule has 0 bridgehead atoms. The van der Waals surface area contributed by atoms with E-state index in [1.54, 1.807) is 4.31 Å². The molecule has 1 aliphatic rings. The van der Waals surface area contributed by atoms with Crippen molar-refractivity contribution in [2.24, 2.45) is 0 Å². The summed E-state index contributed by atoms with van der Waals surface area (Å²) in [6.07, 6.45) is 6.13. The molecule has 0 unspecified atom stereocenters. The number of piperidine rings is 1. The van der Waals surface area contributed by atoms with E-state index in [0.29, 0.717) is 25.9 Å². The van der Waals surface area contributed by atoms with Crippen LogP contribution in [0.5, 0.6) is 0 Å². The second-order valence-corrected chi connectivity index (χ2v) is 9.39. The van der Waals surface area contributed by atoms with Crippen molar-refractivity contribution in [1.82, 2.24) is 4.31 Å². The van der Waals surface area contributed by atoms with Gasteiger partial charge in [-0.1, -0.05) is 67.1 Å². The van der Waals surface area contributed by atoms with Crippen LogP contribution in [0.1, 0.15) is 43.2 Å². The van der Waals surface area contributed by atoms with E-state index in [0.717, 1.165) is 32.1 Å². The highest BCUT2D eigenvalue weighted by atomic mass is 32.2. The Morgan fingerprint density at radius 2 is 1.19 bits per heavy atom. The summed E-state index contributed by atoms with van der Waals surface area (Å²) in [7, 11) is -3.23. The summed E-state index contributed by atoms with van der Waals surface area (Å²) in [5.74, 6) is 0. The second kappa shape index (κ2) is 9.33. The molecule has 2 aromatic rings. The van der Waals surface area contributed by atoms with Crippen LogP contribution in [0, 0.1) is 0 Å². The predicted octanol–water partition coefficient (Wildman–Crippen LogP) is 4.44. The minimum atomic E-state index is -3.23. The Labute approximate surface area is 158 Å². The molecule has 0 amide bonds. The summed E-state index contributed by atoms with van der Waals surface area (Å²) in [6.45, 7) is 1.38. The minimum Gasteiger partial charge on any atom is -0.212 e. The Bertz CT molecular complexity index is 710. The fourth-order valence-electron chi connectivity index (χ4n) is 3.72. The molecule has 0 aromatic heterocycles. The van der Waals surface area contributed by atoms with Crippen LogP contribution in [0.25, 0.3) is 0 Å². The van der Waals surface area contributed by atoms with E-state index in [1.807, 2.05) is 36.4 Å². The molecule has 0 spiro atoms. The molecule has 1 heterocycles. The lowest BCUT2D eigenvalue weighted by Gasteiger charge is -2.30. The zero-order valence-corrected chi connectivity index (χ0v) is 16.2. The molecule has 26 heavy (non-hydrogen) atoms. The van der Waals surface area contributed by atoms with Crippen LogP contribution in [-0.2, 0) is 22.9 Å². The zero-order chi connectivity index (χ0) is 18.2. The maximum atomic E-state index is 13.3. The summed E-state index contributed by atoms with van der Waals surface area (Å²) in [4.78, 5) is 0. The van der Waals surface area contributed by atoms with Crippen molar-refractivity contribution in [2.75, 3.05) is 13.1 Å². The van der Waals surface area contributed by atoms with Gasteiger partial charge >= 0.3 is 0 Å². The van der Waals surface area contributed by atoms with Gasteiger partial charge in [-0.15, -0.1) is 0 Å². The van der Waals surface area contributed by atoms with Crippen LogP contribution < -0.4 is 0 Å². The lowest BCUT2D eigenvalue weighted by atomic mass is 10.0. The Hall–Kier alpha value is -1.65. The number of aryl methyl sites for hydroxylation is 2. The molecule has 1 aliphatic heterocycles. The largest absolute Gasteiger partial charge is 0.217 e. The first-order valence-corrected chi connectivity index (χ1v) is 11.2. The topological polar surface area (TPSA) is 37.4 Å². The van der Waals surface area contributed by atoms with E-state index in [4.69, 9.17) is 0 Å². The van der Waals surface area contributed by atoms with Gasteiger partial charge in [0.25, 0.3) is 0 Å². The lowest BCUT2D eigenvalue weighted by molar-refractivity contribution is 0.339. The van der Waals surface area contributed by atoms with Gasteiger partial charge in [0.05, 0.1) is 5.25 Å². The van der Waals surface area contributed by atoms with Crippen molar-refractivity contribution >= 4 is 10.0 Å². The molecule has 3 nitrogen and oxygen atoms in total. The van der Waals surface area contributed by atoms with Crippen LogP contribution in [0.3, 0.4) is 0 Å². The van der Waals surface area contributed by atoms with Crippen LogP contribution in [0.4, 0.5) is 0 Å². The highest BCUT2D eigenvalue weighted by molar-refractivity contribution is 7.89. The van der Waals surface area contributed by atoms with Gasteiger partial charge in [0.2, 0.25) is 10.0 Å². The van der Waals surface area contributed by atoms with Gasteiger partial charge in [-0.3, -0.25) is 0 Å². The van der Waals surface area contributed by atoms with Crippen LogP contribution in [0.15, 0.2) is 60.7 Å². The first-order chi connectivity index (χ1) is 12.7. The van der Waals surface area contributed by atoms with Gasteiger partial charge in [-0.2, -0.15) is 0 Å². The summed E-state index contributed by atoms with van der Waals surface area (Å²) in [6, 6.07) is 20.4. The third-order valence-corrected chi connectivity index (χ3v) is 7.69. The Morgan fingerprint density at radius 3 is 1.65 bits per heavy atom. The van der Waals surface area contributed by atoms with Crippen LogP contribution in [-0.4, -0.2) is 31.1 Å². The third kappa shape index (κ3) is 5.18. The highest BCUT2D eigenvalue weighted by Crippen LogP contribution is 2.23. The molecule has 0 N–H and O–H groups in total. The summed E-state index contributed by atoms with van der Waals surface area (Å²) < 4.78 is 28.3.